The van der Waals surface area contributed by atoms with Gasteiger partial charge in [0.05, 0.1) is 23.6 Å². The topological polar surface area (TPSA) is 56.2 Å². The predicted molar refractivity (Wildman–Crippen MR) is 53.1 cm³/mol. The van der Waals surface area contributed by atoms with E-state index in [4.69, 9.17) is 17.3 Å². The molecule has 0 aromatic carbocycles. The van der Waals surface area contributed by atoms with Gasteiger partial charge in [-0.05, 0) is 12.8 Å². The molecule has 72 valence electrons. The fourth-order valence-electron chi connectivity index (χ4n) is 1.62. The van der Waals surface area contributed by atoms with E-state index >= 15 is 0 Å². The monoisotopic (exact) mass is 208 g/mol. The Morgan fingerprint density at radius 1 is 1.36 bits per heavy atom. The Morgan fingerprint density at radius 2 is 2.14 bits per heavy atom. The first-order valence-electron chi connectivity index (χ1n) is 4.47. The van der Waals surface area contributed by atoms with E-state index in [-0.39, 0.29) is 5.54 Å². The molecule has 0 spiro atoms. The van der Waals surface area contributed by atoms with Crippen LogP contribution in [0.25, 0.3) is 5.65 Å². The lowest BCUT2D eigenvalue weighted by Crippen LogP contribution is -2.20. The highest BCUT2D eigenvalue weighted by molar-refractivity contribution is 6.29. The SMILES string of the molecule is NC1(c2cnc3cnc(Cl)cn23)CC1. The molecule has 2 N–H and O–H groups in total. The normalized spacial score (nSPS) is 18.7. The van der Waals surface area contributed by atoms with Crippen molar-refractivity contribution in [3.63, 3.8) is 0 Å². The molecule has 2 aromatic heterocycles. The van der Waals surface area contributed by atoms with Gasteiger partial charge in [-0.15, -0.1) is 0 Å². The first kappa shape index (κ1) is 8.20. The number of nitrogens with zero attached hydrogens (tertiary/aromatic N) is 3. The fourth-order valence-corrected chi connectivity index (χ4v) is 1.77. The van der Waals surface area contributed by atoms with Crippen molar-refractivity contribution in [1.29, 1.82) is 0 Å². The second-order valence-corrected chi connectivity index (χ2v) is 4.13. The average Bonchev–Trinajstić information content (AvgIpc) is 2.77. The van der Waals surface area contributed by atoms with Gasteiger partial charge in [-0.2, -0.15) is 0 Å². The number of rotatable bonds is 1. The maximum atomic E-state index is 6.10. The van der Waals surface area contributed by atoms with E-state index in [9.17, 15) is 0 Å². The summed E-state index contributed by atoms with van der Waals surface area (Å²) in [5, 5.41) is 0.459. The third-order valence-electron chi connectivity index (χ3n) is 2.66. The molecule has 0 aliphatic heterocycles. The molecule has 0 saturated heterocycles. The van der Waals surface area contributed by atoms with Crippen LogP contribution in [0.5, 0.6) is 0 Å². The van der Waals surface area contributed by atoms with Crippen molar-refractivity contribution in [1.82, 2.24) is 14.4 Å². The molecular weight excluding hydrogens is 200 g/mol. The molecule has 1 aliphatic carbocycles. The van der Waals surface area contributed by atoms with Gasteiger partial charge in [-0.3, -0.25) is 4.40 Å². The number of hydrogen-bond donors (Lipinski definition) is 1. The molecular formula is C9H9ClN4. The molecule has 5 heteroatoms. The Kier molecular flexibility index (Phi) is 1.44. The summed E-state index contributed by atoms with van der Waals surface area (Å²) in [7, 11) is 0. The zero-order chi connectivity index (χ0) is 9.76. The molecule has 0 amide bonds. The molecule has 0 atom stereocenters. The third kappa shape index (κ3) is 1.04. The molecule has 1 saturated carbocycles. The minimum absolute atomic E-state index is 0.190. The van der Waals surface area contributed by atoms with Crippen LogP contribution in [0.2, 0.25) is 5.15 Å². The predicted octanol–water partition coefficient (Wildman–Crippen LogP) is 1.33. The number of nitrogens with two attached hydrogens (primary N) is 1. The summed E-state index contributed by atoms with van der Waals surface area (Å²) in [5.41, 5.74) is 7.73. The van der Waals surface area contributed by atoms with Crippen LogP contribution in [0.1, 0.15) is 18.5 Å². The van der Waals surface area contributed by atoms with Crippen molar-refractivity contribution in [2.75, 3.05) is 0 Å². The summed E-state index contributed by atoms with van der Waals surface area (Å²) in [5.74, 6) is 0. The van der Waals surface area contributed by atoms with Crippen molar-refractivity contribution < 1.29 is 0 Å². The maximum Gasteiger partial charge on any atom is 0.155 e. The molecule has 0 radical (unpaired) electrons. The molecule has 4 nitrogen and oxygen atoms in total. The average molecular weight is 209 g/mol. The molecule has 3 rings (SSSR count). The third-order valence-corrected chi connectivity index (χ3v) is 2.86. The smallest absolute Gasteiger partial charge is 0.155 e. The number of fused-ring (bicyclic) bond motifs is 1. The van der Waals surface area contributed by atoms with Gasteiger partial charge >= 0.3 is 0 Å². The van der Waals surface area contributed by atoms with Gasteiger partial charge in [0.15, 0.2) is 5.65 Å². The number of imidazole rings is 1. The Hall–Kier alpha value is -1.13. The quantitative estimate of drug-likeness (QED) is 0.769. The Balaban J connectivity index is 2.29. The molecule has 0 unspecified atom stereocenters. The second-order valence-electron chi connectivity index (χ2n) is 3.74. The maximum absolute atomic E-state index is 6.10. The Bertz CT molecular complexity index is 500. The number of hydrogen-bond acceptors (Lipinski definition) is 3. The number of halogens is 1. The lowest BCUT2D eigenvalue weighted by atomic mass is 10.2. The lowest BCUT2D eigenvalue weighted by molar-refractivity contribution is 0.698. The highest BCUT2D eigenvalue weighted by Gasteiger charge is 2.42. The lowest BCUT2D eigenvalue weighted by Gasteiger charge is -2.07. The molecule has 2 heterocycles. The largest absolute Gasteiger partial charge is 0.320 e. The highest BCUT2D eigenvalue weighted by Crippen LogP contribution is 2.42. The zero-order valence-corrected chi connectivity index (χ0v) is 8.20. The van der Waals surface area contributed by atoms with Gasteiger partial charge in [0, 0.05) is 6.20 Å². The van der Waals surface area contributed by atoms with Crippen molar-refractivity contribution in [3.05, 3.63) is 29.4 Å². The van der Waals surface area contributed by atoms with Gasteiger partial charge in [-0.1, -0.05) is 11.6 Å². The summed E-state index contributed by atoms with van der Waals surface area (Å²) >= 11 is 5.82. The summed E-state index contributed by atoms with van der Waals surface area (Å²) in [6.07, 6.45) is 7.24. The molecule has 2 aromatic rings. The highest BCUT2D eigenvalue weighted by atomic mass is 35.5. The zero-order valence-electron chi connectivity index (χ0n) is 7.44. The Morgan fingerprint density at radius 3 is 2.86 bits per heavy atom. The molecule has 0 bridgehead atoms. The van der Waals surface area contributed by atoms with E-state index in [0.717, 1.165) is 24.2 Å². The van der Waals surface area contributed by atoms with E-state index in [1.807, 2.05) is 4.40 Å². The summed E-state index contributed by atoms with van der Waals surface area (Å²) in [4.78, 5) is 8.19. The minimum Gasteiger partial charge on any atom is -0.320 e. The van der Waals surface area contributed by atoms with Crippen molar-refractivity contribution >= 4 is 17.2 Å². The van der Waals surface area contributed by atoms with E-state index in [1.165, 1.54) is 0 Å². The summed E-state index contributed by atoms with van der Waals surface area (Å²) < 4.78 is 1.92. The second kappa shape index (κ2) is 2.46. The van der Waals surface area contributed by atoms with Crippen LogP contribution >= 0.6 is 11.6 Å². The summed E-state index contributed by atoms with van der Waals surface area (Å²) in [6.45, 7) is 0. The van der Waals surface area contributed by atoms with E-state index in [0.29, 0.717) is 5.15 Å². The van der Waals surface area contributed by atoms with Gasteiger partial charge in [0.1, 0.15) is 5.15 Å². The van der Waals surface area contributed by atoms with Crippen LogP contribution in [0, 0.1) is 0 Å². The standard InChI is InChI=1S/C9H9ClN4/c10-7-5-14-6(9(11)1-2-9)3-13-8(14)4-12-7/h3-5H,1-2,11H2. The fraction of sp³-hybridized carbons (Fsp3) is 0.333. The molecule has 14 heavy (non-hydrogen) atoms. The van der Waals surface area contributed by atoms with Crippen LogP contribution in [0.15, 0.2) is 18.6 Å². The van der Waals surface area contributed by atoms with Crippen molar-refractivity contribution in [3.8, 4) is 0 Å². The Labute approximate surface area is 85.7 Å². The van der Waals surface area contributed by atoms with Crippen molar-refractivity contribution in [2.24, 2.45) is 5.73 Å². The molecule has 1 aliphatic rings. The van der Waals surface area contributed by atoms with Gasteiger partial charge in [0.2, 0.25) is 0 Å². The van der Waals surface area contributed by atoms with Gasteiger partial charge in [0.25, 0.3) is 0 Å². The van der Waals surface area contributed by atoms with E-state index in [2.05, 4.69) is 9.97 Å². The van der Waals surface area contributed by atoms with E-state index in [1.54, 1.807) is 18.6 Å². The van der Waals surface area contributed by atoms with Crippen LogP contribution in [-0.4, -0.2) is 14.4 Å². The van der Waals surface area contributed by atoms with Crippen LogP contribution < -0.4 is 5.73 Å². The van der Waals surface area contributed by atoms with Crippen molar-refractivity contribution in [2.45, 2.75) is 18.4 Å². The first-order chi connectivity index (χ1) is 6.69. The summed E-state index contributed by atoms with van der Waals surface area (Å²) in [6, 6.07) is 0. The minimum atomic E-state index is -0.190. The van der Waals surface area contributed by atoms with Gasteiger partial charge in [-0.25, -0.2) is 9.97 Å². The van der Waals surface area contributed by atoms with Gasteiger partial charge < -0.3 is 5.73 Å². The molecule has 1 fully saturated rings. The first-order valence-corrected chi connectivity index (χ1v) is 4.85. The van der Waals surface area contributed by atoms with Crippen LogP contribution in [0.3, 0.4) is 0 Å². The van der Waals surface area contributed by atoms with Crippen LogP contribution in [0.4, 0.5) is 0 Å². The van der Waals surface area contributed by atoms with E-state index < -0.39 is 0 Å². The number of aromatic nitrogens is 3. The van der Waals surface area contributed by atoms with Crippen LogP contribution in [-0.2, 0) is 5.54 Å².